The number of nitrogens with zero attached hydrogens (tertiary/aromatic N) is 4. The van der Waals surface area contributed by atoms with Gasteiger partial charge in [-0.3, -0.25) is 9.69 Å². The third-order valence-corrected chi connectivity index (χ3v) is 6.09. The van der Waals surface area contributed by atoms with E-state index in [9.17, 15) is 4.79 Å². The molecule has 0 spiro atoms. The number of hydrogen-bond acceptors (Lipinski definition) is 8. The van der Waals surface area contributed by atoms with Gasteiger partial charge in [-0.1, -0.05) is 6.92 Å². The number of aromatic nitrogens is 3. The molecule has 2 aliphatic heterocycles. The van der Waals surface area contributed by atoms with Gasteiger partial charge in [0.25, 0.3) is 0 Å². The van der Waals surface area contributed by atoms with Crippen molar-refractivity contribution in [2.75, 3.05) is 38.2 Å². The Labute approximate surface area is 168 Å². The van der Waals surface area contributed by atoms with E-state index in [1.54, 1.807) is 5.51 Å². The molecule has 0 bridgehead atoms. The smallest absolute Gasteiger partial charge is 0.230 e. The minimum absolute atomic E-state index is 0.0702. The molecule has 0 saturated carbocycles. The summed E-state index contributed by atoms with van der Waals surface area (Å²) in [6, 6.07) is 0. The lowest BCUT2D eigenvalue weighted by molar-refractivity contribution is -0.131. The Balaban J connectivity index is 1.37. The molecule has 2 atom stereocenters. The topological polar surface area (TPSA) is 92.3 Å². The van der Waals surface area contributed by atoms with Crippen molar-refractivity contribution in [3.05, 3.63) is 34.5 Å². The molecular formula is C19H26N6O2S. The fraction of sp³-hybridized carbons (Fsp3) is 0.579. The Hall–Kier alpha value is -2.10. The molecule has 1 amide bonds. The molecule has 2 fully saturated rings. The number of carbonyl (C=O) groups is 1. The summed E-state index contributed by atoms with van der Waals surface area (Å²) in [5, 5.41) is 8.21. The zero-order valence-corrected chi connectivity index (χ0v) is 16.9. The summed E-state index contributed by atoms with van der Waals surface area (Å²) >= 11 is 1.54. The highest BCUT2D eigenvalue weighted by Gasteiger charge is 2.55. The van der Waals surface area contributed by atoms with Crippen molar-refractivity contribution in [1.29, 1.82) is 0 Å². The first-order valence-corrected chi connectivity index (χ1v) is 10.6. The Kier molecular flexibility index (Phi) is 5.84. The van der Waals surface area contributed by atoms with Gasteiger partial charge in [0.05, 0.1) is 36.4 Å². The van der Waals surface area contributed by atoms with Crippen molar-refractivity contribution >= 4 is 23.2 Å². The van der Waals surface area contributed by atoms with Crippen LogP contribution in [0.3, 0.4) is 0 Å². The Bertz CT molecular complexity index is 784. The minimum Gasteiger partial charge on any atom is -0.380 e. The number of fused-ring (bicyclic) bond motifs is 1. The molecule has 2 aromatic heterocycles. The normalized spacial score (nSPS) is 24.2. The number of thiazole rings is 1. The zero-order chi connectivity index (χ0) is 19.4. The predicted molar refractivity (Wildman–Crippen MR) is 107 cm³/mol. The molecule has 0 aromatic carbocycles. The first-order valence-electron chi connectivity index (χ1n) is 9.70. The van der Waals surface area contributed by atoms with Crippen LogP contribution in [0.2, 0.25) is 0 Å². The van der Waals surface area contributed by atoms with Crippen molar-refractivity contribution in [2.45, 2.75) is 26.4 Å². The average molecular weight is 403 g/mol. The molecular weight excluding hydrogens is 376 g/mol. The first-order chi connectivity index (χ1) is 13.7. The first kappa shape index (κ1) is 19.2. The maximum Gasteiger partial charge on any atom is 0.230 e. The van der Waals surface area contributed by atoms with E-state index in [0.29, 0.717) is 32.3 Å². The fourth-order valence-electron chi connectivity index (χ4n) is 3.98. The van der Waals surface area contributed by atoms with Crippen LogP contribution in [0, 0.1) is 11.3 Å². The van der Waals surface area contributed by atoms with Crippen LogP contribution in [-0.4, -0.2) is 58.6 Å². The Morgan fingerprint density at radius 3 is 3.00 bits per heavy atom. The SMILES string of the molecule is CCCNc1ncc(CN2C[C@@H]3COC[C@]3(C(=O)NCc3cscn3)C2)cn1. The lowest BCUT2D eigenvalue weighted by atomic mass is 9.80. The van der Waals surface area contributed by atoms with E-state index in [4.69, 9.17) is 4.74 Å². The van der Waals surface area contributed by atoms with Gasteiger partial charge in [0.2, 0.25) is 11.9 Å². The molecule has 2 N–H and O–H groups in total. The largest absolute Gasteiger partial charge is 0.380 e. The van der Waals surface area contributed by atoms with Gasteiger partial charge < -0.3 is 15.4 Å². The lowest BCUT2D eigenvalue weighted by Crippen LogP contribution is -2.46. The number of hydrogen-bond donors (Lipinski definition) is 2. The van der Waals surface area contributed by atoms with Gasteiger partial charge in [-0.05, 0) is 6.42 Å². The van der Waals surface area contributed by atoms with E-state index in [1.165, 1.54) is 11.3 Å². The monoisotopic (exact) mass is 402 g/mol. The highest BCUT2D eigenvalue weighted by molar-refractivity contribution is 7.07. The molecule has 8 nitrogen and oxygen atoms in total. The molecule has 150 valence electrons. The molecule has 2 aliphatic rings. The van der Waals surface area contributed by atoms with E-state index in [1.807, 2.05) is 17.8 Å². The van der Waals surface area contributed by atoms with Crippen LogP contribution in [0.25, 0.3) is 0 Å². The standard InChI is InChI=1S/C19H26N6O2S/c1-2-3-20-18-22-4-14(5-23-18)7-25-8-15-9-27-12-19(15,11-25)17(26)21-6-16-10-28-13-24-16/h4-5,10,13,15H,2-3,6-9,11-12H2,1H3,(H,21,26)(H,20,22,23)/t15-,19-/m1/s1. The number of likely N-dealkylation sites (tertiary alicyclic amines) is 1. The van der Waals surface area contributed by atoms with Gasteiger partial charge in [-0.15, -0.1) is 11.3 Å². The number of ether oxygens (including phenoxy) is 1. The zero-order valence-electron chi connectivity index (χ0n) is 16.1. The molecule has 4 heterocycles. The predicted octanol–water partition coefficient (Wildman–Crippen LogP) is 1.52. The summed E-state index contributed by atoms with van der Waals surface area (Å²) in [6.45, 7) is 6.84. The van der Waals surface area contributed by atoms with Gasteiger partial charge in [0.15, 0.2) is 0 Å². The molecule has 28 heavy (non-hydrogen) atoms. The Morgan fingerprint density at radius 1 is 1.39 bits per heavy atom. The number of rotatable bonds is 8. The van der Waals surface area contributed by atoms with Crippen molar-refractivity contribution in [3.8, 4) is 0 Å². The summed E-state index contributed by atoms with van der Waals surface area (Å²) in [4.78, 5) is 28.3. The highest BCUT2D eigenvalue weighted by atomic mass is 32.1. The molecule has 2 saturated heterocycles. The van der Waals surface area contributed by atoms with Crippen molar-refractivity contribution in [3.63, 3.8) is 0 Å². The quantitative estimate of drug-likeness (QED) is 0.692. The van der Waals surface area contributed by atoms with E-state index in [2.05, 4.69) is 37.4 Å². The average Bonchev–Trinajstić information content (AvgIpc) is 3.42. The molecule has 2 aromatic rings. The molecule has 0 aliphatic carbocycles. The second kappa shape index (κ2) is 8.50. The third-order valence-electron chi connectivity index (χ3n) is 5.45. The maximum atomic E-state index is 13.0. The third kappa shape index (κ3) is 4.01. The van der Waals surface area contributed by atoms with Gasteiger partial charge in [-0.25, -0.2) is 15.0 Å². The second-order valence-corrected chi connectivity index (χ2v) is 8.26. The van der Waals surface area contributed by atoms with Crippen LogP contribution in [0.5, 0.6) is 0 Å². The van der Waals surface area contributed by atoms with Gasteiger partial charge in [0.1, 0.15) is 0 Å². The summed E-state index contributed by atoms with van der Waals surface area (Å²) < 4.78 is 5.69. The number of nitrogens with one attached hydrogen (secondary N) is 2. The molecule has 9 heteroatoms. The van der Waals surface area contributed by atoms with Gasteiger partial charge in [0, 0.05) is 55.4 Å². The number of amides is 1. The second-order valence-electron chi connectivity index (χ2n) is 7.54. The summed E-state index contributed by atoms with van der Waals surface area (Å²) in [5.41, 5.74) is 3.26. The number of anilines is 1. The lowest BCUT2D eigenvalue weighted by Gasteiger charge is -2.26. The summed E-state index contributed by atoms with van der Waals surface area (Å²) in [7, 11) is 0. The van der Waals surface area contributed by atoms with Crippen LogP contribution < -0.4 is 10.6 Å². The Morgan fingerprint density at radius 2 is 2.25 bits per heavy atom. The van der Waals surface area contributed by atoms with Crippen molar-refractivity contribution in [1.82, 2.24) is 25.2 Å². The molecule has 0 radical (unpaired) electrons. The van der Waals surface area contributed by atoms with Crippen LogP contribution in [0.15, 0.2) is 23.3 Å². The van der Waals surface area contributed by atoms with Crippen molar-refractivity contribution < 1.29 is 9.53 Å². The fourth-order valence-corrected chi connectivity index (χ4v) is 4.53. The number of carbonyl (C=O) groups excluding carboxylic acids is 1. The van der Waals surface area contributed by atoms with Crippen LogP contribution in [0.1, 0.15) is 24.6 Å². The van der Waals surface area contributed by atoms with Crippen molar-refractivity contribution in [2.24, 2.45) is 11.3 Å². The molecule has 0 unspecified atom stereocenters. The van der Waals surface area contributed by atoms with E-state index in [0.717, 1.165) is 37.3 Å². The van der Waals surface area contributed by atoms with Gasteiger partial charge in [-0.2, -0.15) is 0 Å². The maximum absolute atomic E-state index is 13.0. The van der Waals surface area contributed by atoms with E-state index >= 15 is 0 Å². The summed E-state index contributed by atoms with van der Waals surface area (Å²) in [6.07, 6.45) is 4.77. The van der Waals surface area contributed by atoms with E-state index in [-0.39, 0.29) is 11.8 Å². The van der Waals surface area contributed by atoms with Crippen LogP contribution in [-0.2, 0) is 22.6 Å². The summed E-state index contributed by atoms with van der Waals surface area (Å²) in [5.74, 6) is 0.949. The van der Waals surface area contributed by atoms with E-state index < -0.39 is 5.41 Å². The minimum atomic E-state index is -0.473. The van der Waals surface area contributed by atoms with Crippen LogP contribution in [0.4, 0.5) is 5.95 Å². The highest BCUT2D eigenvalue weighted by Crippen LogP contribution is 2.42. The molecule has 4 rings (SSSR count). The van der Waals surface area contributed by atoms with Crippen LogP contribution >= 0.6 is 11.3 Å². The van der Waals surface area contributed by atoms with Gasteiger partial charge >= 0.3 is 0 Å².